The second-order valence-electron chi connectivity index (χ2n) is 8.78. The highest BCUT2D eigenvalue weighted by atomic mass is 19.4. The van der Waals surface area contributed by atoms with Crippen molar-refractivity contribution in [1.82, 2.24) is 14.5 Å². The largest absolute Gasteiger partial charge is 0.477 e. The lowest BCUT2D eigenvalue weighted by molar-refractivity contribution is -0.138. The molecule has 2 aliphatic rings. The summed E-state index contributed by atoms with van der Waals surface area (Å²) in [5.41, 5.74) is -3.05. The lowest BCUT2D eigenvalue weighted by Gasteiger charge is -2.30. The molecule has 0 saturated heterocycles. The van der Waals surface area contributed by atoms with E-state index in [2.05, 4.69) is 10.1 Å². The highest BCUT2D eigenvalue weighted by Gasteiger charge is 2.39. The van der Waals surface area contributed by atoms with Gasteiger partial charge in [-0.1, -0.05) is 12.1 Å². The van der Waals surface area contributed by atoms with Gasteiger partial charge in [-0.05, 0) is 55.7 Å². The molecule has 188 valence electrons. The van der Waals surface area contributed by atoms with Crippen molar-refractivity contribution in [3.05, 3.63) is 67.5 Å². The van der Waals surface area contributed by atoms with Gasteiger partial charge < -0.3 is 15.2 Å². The second kappa shape index (κ2) is 9.23. The predicted octanol–water partition coefficient (Wildman–Crippen LogP) is 3.10. The van der Waals surface area contributed by atoms with Crippen LogP contribution in [0, 0.1) is 0 Å². The first-order valence-electron chi connectivity index (χ1n) is 11.2. The van der Waals surface area contributed by atoms with Crippen molar-refractivity contribution in [1.29, 1.82) is 0 Å². The number of alkyl carbamates (subject to hydrolysis) is 1. The summed E-state index contributed by atoms with van der Waals surface area (Å²) in [6, 6.07) is 1.99. The van der Waals surface area contributed by atoms with Crippen LogP contribution in [0.4, 0.5) is 18.0 Å². The van der Waals surface area contributed by atoms with Crippen molar-refractivity contribution < 1.29 is 32.6 Å². The Labute approximate surface area is 197 Å². The van der Waals surface area contributed by atoms with Crippen LogP contribution < -0.4 is 16.6 Å². The molecule has 1 amide bonds. The number of hydrogen-bond donors (Lipinski definition) is 2. The third kappa shape index (κ3) is 4.56. The summed E-state index contributed by atoms with van der Waals surface area (Å²) < 4.78 is 47.1. The number of amides is 1. The zero-order valence-electron chi connectivity index (χ0n) is 18.8. The molecular formula is C23H24F3N3O6. The summed E-state index contributed by atoms with van der Waals surface area (Å²) in [4.78, 5) is 49.8. The molecule has 9 nitrogen and oxygen atoms in total. The maximum Gasteiger partial charge on any atom is 0.416 e. The monoisotopic (exact) mass is 495 g/mol. The minimum absolute atomic E-state index is 0.00314. The third-order valence-electron chi connectivity index (χ3n) is 6.83. The molecule has 1 fully saturated rings. The topological polar surface area (TPSA) is 120 Å². The van der Waals surface area contributed by atoms with Gasteiger partial charge in [-0.3, -0.25) is 13.9 Å². The Bertz CT molecular complexity index is 1270. The summed E-state index contributed by atoms with van der Waals surface area (Å²) >= 11 is 0. The average molecular weight is 495 g/mol. The van der Waals surface area contributed by atoms with Crippen LogP contribution in [0.25, 0.3) is 0 Å². The van der Waals surface area contributed by atoms with E-state index in [1.54, 1.807) is 0 Å². The van der Waals surface area contributed by atoms with Gasteiger partial charge in [-0.25, -0.2) is 14.4 Å². The number of carbonyl (C=O) groups is 2. The molecule has 1 aromatic heterocycles. The summed E-state index contributed by atoms with van der Waals surface area (Å²) in [6.45, 7) is 0. The Hall–Kier alpha value is -3.57. The number of aromatic carboxylic acids is 1. The molecule has 2 aliphatic carbocycles. The van der Waals surface area contributed by atoms with Crippen LogP contribution in [-0.4, -0.2) is 39.5 Å². The van der Waals surface area contributed by atoms with Gasteiger partial charge in [-0.15, -0.1) is 0 Å². The molecular weight excluding hydrogens is 471 g/mol. The standard InChI is InChI=1S/C23H24F3N3O6/c1-35-21(33)27-12-5-7-13(8-6-12)28-11-16(20(31)32)19(30)29(22(28)34)18-10-9-14-15(18)3-2-4-17(14)23(24,25)26/h2-4,11-13,18H,5-10H2,1H3,(H,27,33)(H,31,32)/t12?,13?,18-/m1/s1. The van der Waals surface area contributed by atoms with Crippen LogP contribution in [0.15, 0.2) is 34.0 Å². The number of hydrogen-bond acceptors (Lipinski definition) is 5. The van der Waals surface area contributed by atoms with Gasteiger partial charge in [-0.2, -0.15) is 13.2 Å². The number of nitrogens with zero attached hydrogens (tertiary/aromatic N) is 2. The van der Waals surface area contributed by atoms with E-state index >= 15 is 0 Å². The van der Waals surface area contributed by atoms with Gasteiger partial charge in [0.2, 0.25) is 0 Å². The molecule has 12 heteroatoms. The third-order valence-corrected chi connectivity index (χ3v) is 6.83. The van der Waals surface area contributed by atoms with Gasteiger partial charge in [0.1, 0.15) is 5.56 Å². The Kier molecular flexibility index (Phi) is 6.48. The van der Waals surface area contributed by atoms with E-state index < -0.39 is 52.7 Å². The van der Waals surface area contributed by atoms with Crippen LogP contribution in [0.2, 0.25) is 0 Å². The number of fused-ring (bicyclic) bond motifs is 1. The Balaban J connectivity index is 1.75. The lowest BCUT2D eigenvalue weighted by Crippen LogP contribution is -2.46. The minimum atomic E-state index is -4.59. The first-order valence-corrected chi connectivity index (χ1v) is 11.2. The number of carboxylic acid groups (broad SMARTS) is 1. The number of benzene rings is 1. The SMILES string of the molecule is COC(=O)NC1CCC(n2cc(C(=O)O)c(=O)n([C@@H]3CCc4c3cccc4C(F)(F)F)c2=O)CC1. The van der Waals surface area contributed by atoms with E-state index in [9.17, 15) is 37.5 Å². The van der Waals surface area contributed by atoms with Crippen LogP contribution in [0.1, 0.15) is 71.2 Å². The van der Waals surface area contributed by atoms with Crippen molar-refractivity contribution in [2.24, 2.45) is 0 Å². The number of methoxy groups -OCH3 is 1. The van der Waals surface area contributed by atoms with E-state index in [0.29, 0.717) is 25.7 Å². The fourth-order valence-electron chi connectivity index (χ4n) is 5.16. The van der Waals surface area contributed by atoms with Crippen LogP contribution in [-0.2, 0) is 17.3 Å². The maximum atomic E-state index is 13.5. The van der Waals surface area contributed by atoms with Crippen molar-refractivity contribution in [3.63, 3.8) is 0 Å². The highest BCUT2D eigenvalue weighted by Crippen LogP contribution is 2.41. The molecule has 0 aliphatic heterocycles. The number of halogens is 3. The zero-order valence-corrected chi connectivity index (χ0v) is 18.8. The number of ether oxygens (including phenoxy) is 1. The van der Waals surface area contributed by atoms with Crippen molar-refractivity contribution in [3.8, 4) is 0 Å². The highest BCUT2D eigenvalue weighted by molar-refractivity contribution is 5.86. The number of carboxylic acids is 1. The molecule has 35 heavy (non-hydrogen) atoms. The quantitative estimate of drug-likeness (QED) is 0.673. The van der Waals surface area contributed by atoms with Crippen molar-refractivity contribution in [2.45, 2.75) is 62.8 Å². The van der Waals surface area contributed by atoms with Crippen LogP contribution in [0.3, 0.4) is 0 Å². The minimum Gasteiger partial charge on any atom is -0.477 e. The van der Waals surface area contributed by atoms with E-state index in [1.165, 1.54) is 23.8 Å². The fourth-order valence-corrected chi connectivity index (χ4v) is 5.16. The maximum absolute atomic E-state index is 13.5. The number of rotatable bonds is 4. The summed E-state index contributed by atoms with van der Waals surface area (Å²) in [6.07, 6.45) is -2.25. The molecule has 1 heterocycles. The van der Waals surface area contributed by atoms with Crippen molar-refractivity contribution >= 4 is 12.1 Å². The molecule has 0 bridgehead atoms. The van der Waals surface area contributed by atoms with Gasteiger partial charge in [0.25, 0.3) is 5.56 Å². The molecule has 0 unspecified atom stereocenters. The fraction of sp³-hybridized carbons (Fsp3) is 0.478. The summed E-state index contributed by atoms with van der Waals surface area (Å²) in [5.74, 6) is -1.53. The predicted molar refractivity (Wildman–Crippen MR) is 117 cm³/mol. The Morgan fingerprint density at radius 2 is 1.80 bits per heavy atom. The molecule has 2 aromatic rings. The first kappa shape index (κ1) is 24.6. The first-order chi connectivity index (χ1) is 16.5. The smallest absolute Gasteiger partial charge is 0.416 e. The molecule has 2 N–H and O–H groups in total. The van der Waals surface area contributed by atoms with Gasteiger partial charge in [0.05, 0.1) is 18.7 Å². The number of nitrogens with one attached hydrogen (secondary N) is 1. The zero-order chi connectivity index (χ0) is 25.5. The Morgan fingerprint density at radius 1 is 1.11 bits per heavy atom. The molecule has 4 rings (SSSR count). The van der Waals surface area contributed by atoms with E-state index in [4.69, 9.17) is 0 Å². The van der Waals surface area contributed by atoms with Gasteiger partial charge in [0.15, 0.2) is 0 Å². The molecule has 1 saturated carbocycles. The lowest BCUT2D eigenvalue weighted by atomic mass is 9.91. The van der Waals surface area contributed by atoms with Gasteiger partial charge >= 0.3 is 23.9 Å². The molecule has 0 spiro atoms. The molecule has 0 radical (unpaired) electrons. The number of aromatic nitrogens is 2. The second-order valence-corrected chi connectivity index (χ2v) is 8.78. The van der Waals surface area contributed by atoms with Crippen LogP contribution >= 0.6 is 0 Å². The molecule has 1 aromatic carbocycles. The molecule has 1 atom stereocenters. The summed E-state index contributed by atoms with van der Waals surface area (Å²) in [5, 5.41) is 12.3. The van der Waals surface area contributed by atoms with Crippen molar-refractivity contribution in [2.75, 3.05) is 7.11 Å². The summed E-state index contributed by atoms with van der Waals surface area (Å²) in [7, 11) is 1.25. The van der Waals surface area contributed by atoms with E-state index in [1.807, 2.05) is 0 Å². The van der Waals surface area contributed by atoms with Gasteiger partial charge in [0, 0.05) is 18.3 Å². The van der Waals surface area contributed by atoms with E-state index in [0.717, 1.165) is 16.8 Å². The number of alkyl halides is 3. The Morgan fingerprint density at radius 3 is 2.40 bits per heavy atom. The van der Waals surface area contributed by atoms with Crippen LogP contribution in [0.5, 0.6) is 0 Å². The number of carbonyl (C=O) groups excluding carboxylic acids is 1. The normalized spacial score (nSPS) is 21.9. The van der Waals surface area contributed by atoms with E-state index in [-0.39, 0.29) is 30.0 Å². The average Bonchev–Trinajstić information content (AvgIpc) is 3.23.